The van der Waals surface area contributed by atoms with Crippen LogP contribution in [0, 0.1) is 0 Å². The van der Waals surface area contributed by atoms with E-state index in [1.807, 2.05) is 25.3 Å². The lowest BCUT2D eigenvalue weighted by Gasteiger charge is -2.20. The van der Waals surface area contributed by atoms with Crippen molar-refractivity contribution in [2.75, 3.05) is 7.05 Å². The summed E-state index contributed by atoms with van der Waals surface area (Å²) < 4.78 is 0. The van der Waals surface area contributed by atoms with Crippen molar-refractivity contribution in [2.24, 2.45) is 0 Å². The maximum atomic E-state index is 5.90. The first-order chi connectivity index (χ1) is 4.75. The Hall–Kier alpha value is 0.0200. The van der Waals surface area contributed by atoms with E-state index in [0.717, 1.165) is 5.03 Å². The summed E-state index contributed by atoms with van der Waals surface area (Å²) in [7, 11) is 1.84. The zero-order valence-corrected chi connectivity index (χ0v) is 7.15. The van der Waals surface area contributed by atoms with Crippen molar-refractivity contribution < 1.29 is 0 Å². The standard InChI is InChI=1S/C7H9Cl2N/c1-10-7-5(8)3-2-4-6(7)9/h2-5,7,10H,1H3/t5?,7-/m0/s1. The van der Waals surface area contributed by atoms with Gasteiger partial charge in [-0.1, -0.05) is 23.8 Å². The van der Waals surface area contributed by atoms with Crippen molar-refractivity contribution in [3.63, 3.8) is 0 Å². The molecule has 0 aliphatic heterocycles. The molecule has 2 atom stereocenters. The summed E-state index contributed by atoms with van der Waals surface area (Å²) in [6, 6.07) is 0.0772. The van der Waals surface area contributed by atoms with Gasteiger partial charge in [-0.15, -0.1) is 11.6 Å². The molecule has 0 aromatic heterocycles. The van der Waals surface area contributed by atoms with E-state index in [0.29, 0.717) is 0 Å². The zero-order valence-electron chi connectivity index (χ0n) is 5.64. The van der Waals surface area contributed by atoms with Crippen LogP contribution in [0.15, 0.2) is 23.3 Å². The molecule has 0 amide bonds. The topological polar surface area (TPSA) is 12.0 Å². The van der Waals surface area contributed by atoms with Crippen molar-refractivity contribution in [1.29, 1.82) is 0 Å². The van der Waals surface area contributed by atoms with Crippen LogP contribution in [0.2, 0.25) is 0 Å². The molecule has 0 aromatic rings. The molecular weight excluding hydrogens is 169 g/mol. The second-order valence-electron chi connectivity index (χ2n) is 2.15. The van der Waals surface area contributed by atoms with Gasteiger partial charge in [-0.3, -0.25) is 0 Å². The Morgan fingerprint density at radius 2 is 2.30 bits per heavy atom. The molecule has 3 heteroatoms. The predicted octanol–water partition coefficient (Wildman–Crippen LogP) is 1.87. The van der Waals surface area contributed by atoms with Crippen LogP contribution in [-0.4, -0.2) is 18.5 Å². The molecule has 0 spiro atoms. The van der Waals surface area contributed by atoms with Gasteiger partial charge in [0.05, 0.1) is 11.4 Å². The molecule has 0 fully saturated rings. The monoisotopic (exact) mass is 177 g/mol. The predicted molar refractivity (Wildman–Crippen MR) is 45.6 cm³/mol. The minimum Gasteiger partial charge on any atom is -0.311 e. The van der Waals surface area contributed by atoms with Gasteiger partial charge in [0.2, 0.25) is 0 Å². The van der Waals surface area contributed by atoms with Crippen molar-refractivity contribution in [3.8, 4) is 0 Å². The van der Waals surface area contributed by atoms with Crippen LogP contribution in [0.25, 0.3) is 0 Å². The Balaban J connectivity index is 2.71. The molecule has 56 valence electrons. The van der Waals surface area contributed by atoms with E-state index < -0.39 is 0 Å². The molecule has 1 aliphatic rings. The molecule has 1 rings (SSSR count). The molecule has 1 nitrogen and oxygen atoms in total. The number of rotatable bonds is 1. The molecule has 0 bridgehead atoms. The third kappa shape index (κ3) is 1.54. The highest BCUT2D eigenvalue weighted by atomic mass is 35.5. The van der Waals surface area contributed by atoms with Crippen LogP contribution in [0.1, 0.15) is 0 Å². The Kier molecular flexibility index (Phi) is 2.78. The summed E-state index contributed by atoms with van der Waals surface area (Å²) in [6.07, 6.45) is 5.63. The minimum atomic E-state index is -0.0255. The molecule has 10 heavy (non-hydrogen) atoms. The summed E-state index contributed by atoms with van der Waals surface area (Å²) in [5.41, 5.74) is 0. The average molecular weight is 178 g/mol. The molecule has 0 radical (unpaired) electrons. The summed E-state index contributed by atoms with van der Waals surface area (Å²) in [5, 5.41) is 3.76. The molecule has 0 saturated heterocycles. The molecule has 1 aliphatic carbocycles. The Bertz CT molecular complexity index is 174. The zero-order chi connectivity index (χ0) is 7.56. The normalized spacial score (nSPS) is 32.1. The van der Waals surface area contributed by atoms with Gasteiger partial charge < -0.3 is 5.32 Å². The highest BCUT2D eigenvalue weighted by Gasteiger charge is 2.19. The Morgan fingerprint density at radius 1 is 1.60 bits per heavy atom. The largest absolute Gasteiger partial charge is 0.311 e. The van der Waals surface area contributed by atoms with Crippen LogP contribution in [-0.2, 0) is 0 Å². The first kappa shape index (κ1) is 8.12. The van der Waals surface area contributed by atoms with Gasteiger partial charge in [-0.05, 0) is 13.1 Å². The van der Waals surface area contributed by atoms with Gasteiger partial charge in [0, 0.05) is 5.03 Å². The fraction of sp³-hybridized carbons (Fsp3) is 0.429. The lowest BCUT2D eigenvalue weighted by Crippen LogP contribution is -2.34. The number of halogens is 2. The van der Waals surface area contributed by atoms with E-state index in [2.05, 4.69) is 5.32 Å². The van der Waals surface area contributed by atoms with Crippen LogP contribution >= 0.6 is 23.2 Å². The highest BCUT2D eigenvalue weighted by molar-refractivity contribution is 6.32. The van der Waals surface area contributed by atoms with Gasteiger partial charge in [-0.25, -0.2) is 0 Å². The maximum absolute atomic E-state index is 5.90. The van der Waals surface area contributed by atoms with E-state index in [1.54, 1.807) is 0 Å². The van der Waals surface area contributed by atoms with Gasteiger partial charge >= 0.3 is 0 Å². The first-order valence-corrected chi connectivity index (χ1v) is 3.92. The molecule has 0 saturated carbocycles. The molecule has 1 unspecified atom stereocenters. The summed E-state index contributed by atoms with van der Waals surface area (Å²) >= 11 is 11.7. The lowest BCUT2D eigenvalue weighted by atomic mass is 10.1. The van der Waals surface area contributed by atoms with Crippen molar-refractivity contribution >= 4 is 23.2 Å². The van der Waals surface area contributed by atoms with E-state index in [9.17, 15) is 0 Å². The molecule has 0 aromatic carbocycles. The van der Waals surface area contributed by atoms with Gasteiger partial charge in [-0.2, -0.15) is 0 Å². The average Bonchev–Trinajstić information content (AvgIpc) is 1.88. The first-order valence-electron chi connectivity index (χ1n) is 3.11. The summed E-state index contributed by atoms with van der Waals surface area (Å²) in [6.45, 7) is 0. The number of allylic oxidation sites excluding steroid dienone is 2. The second kappa shape index (κ2) is 3.42. The van der Waals surface area contributed by atoms with Crippen LogP contribution in [0.3, 0.4) is 0 Å². The summed E-state index contributed by atoms with van der Waals surface area (Å²) in [4.78, 5) is 0. The quantitative estimate of drug-likeness (QED) is 0.604. The van der Waals surface area contributed by atoms with E-state index in [1.165, 1.54) is 0 Å². The van der Waals surface area contributed by atoms with Crippen molar-refractivity contribution in [3.05, 3.63) is 23.3 Å². The SMILES string of the molecule is CN[C@@H]1C(Cl)=CC=CC1Cl. The Labute approximate surface area is 70.7 Å². The van der Waals surface area contributed by atoms with Crippen molar-refractivity contribution in [1.82, 2.24) is 5.32 Å². The number of nitrogens with one attached hydrogen (secondary N) is 1. The van der Waals surface area contributed by atoms with Crippen LogP contribution < -0.4 is 5.32 Å². The van der Waals surface area contributed by atoms with Gasteiger partial charge in [0.25, 0.3) is 0 Å². The van der Waals surface area contributed by atoms with E-state index >= 15 is 0 Å². The van der Waals surface area contributed by atoms with E-state index in [-0.39, 0.29) is 11.4 Å². The second-order valence-corrected chi connectivity index (χ2v) is 3.09. The number of likely N-dealkylation sites (N-methyl/N-ethyl adjacent to an activating group) is 1. The van der Waals surface area contributed by atoms with Crippen LogP contribution in [0.4, 0.5) is 0 Å². The van der Waals surface area contributed by atoms with Gasteiger partial charge in [0.15, 0.2) is 0 Å². The Morgan fingerprint density at radius 3 is 2.70 bits per heavy atom. The lowest BCUT2D eigenvalue weighted by molar-refractivity contribution is 0.667. The third-order valence-electron chi connectivity index (χ3n) is 1.48. The van der Waals surface area contributed by atoms with Crippen LogP contribution in [0.5, 0.6) is 0 Å². The number of hydrogen-bond acceptors (Lipinski definition) is 1. The fourth-order valence-electron chi connectivity index (χ4n) is 0.918. The van der Waals surface area contributed by atoms with Gasteiger partial charge in [0.1, 0.15) is 0 Å². The van der Waals surface area contributed by atoms with Crippen molar-refractivity contribution in [2.45, 2.75) is 11.4 Å². The molecule has 1 N–H and O–H groups in total. The third-order valence-corrected chi connectivity index (χ3v) is 2.24. The highest BCUT2D eigenvalue weighted by Crippen LogP contribution is 2.20. The molecule has 0 heterocycles. The fourth-order valence-corrected chi connectivity index (χ4v) is 1.65. The summed E-state index contributed by atoms with van der Waals surface area (Å²) in [5.74, 6) is 0. The minimum absolute atomic E-state index is 0.0255. The molecular formula is C7H9Cl2N. The smallest absolute Gasteiger partial charge is 0.0722 e. The number of hydrogen-bond donors (Lipinski definition) is 1. The van der Waals surface area contributed by atoms with E-state index in [4.69, 9.17) is 23.2 Å². The maximum Gasteiger partial charge on any atom is 0.0722 e. The number of alkyl halides is 1.